The molecule has 2 N–H and O–H groups in total. The lowest BCUT2D eigenvalue weighted by molar-refractivity contribution is 0.295. The van der Waals surface area contributed by atoms with Crippen LogP contribution in [0.1, 0.15) is 24.1 Å². The zero-order chi connectivity index (χ0) is 14.7. The average molecular weight is 298 g/mol. The molecule has 1 unspecified atom stereocenters. The predicted octanol–water partition coefficient (Wildman–Crippen LogP) is 4.22. The van der Waals surface area contributed by atoms with Crippen LogP contribution in [0.5, 0.6) is 5.75 Å². The van der Waals surface area contributed by atoms with Crippen molar-refractivity contribution in [2.24, 2.45) is 5.73 Å². The molecule has 2 aromatic rings. The monoisotopic (exact) mass is 297 g/mol. The molecule has 0 spiro atoms. The van der Waals surface area contributed by atoms with Crippen LogP contribution in [0.4, 0.5) is 8.78 Å². The Hall–Kier alpha value is -1.65. The van der Waals surface area contributed by atoms with Crippen molar-refractivity contribution < 1.29 is 13.5 Å². The van der Waals surface area contributed by atoms with Crippen LogP contribution in [0.15, 0.2) is 36.4 Å². The Morgan fingerprint density at radius 3 is 2.60 bits per heavy atom. The maximum atomic E-state index is 13.6. The van der Waals surface area contributed by atoms with Crippen molar-refractivity contribution in [2.45, 2.75) is 19.6 Å². The third-order valence-corrected chi connectivity index (χ3v) is 3.10. The Morgan fingerprint density at radius 1 is 1.20 bits per heavy atom. The average Bonchev–Trinajstić information content (AvgIpc) is 2.38. The summed E-state index contributed by atoms with van der Waals surface area (Å²) in [6.07, 6.45) is 0. The fourth-order valence-corrected chi connectivity index (χ4v) is 1.96. The highest BCUT2D eigenvalue weighted by Gasteiger charge is 2.11. The Kier molecular flexibility index (Phi) is 4.57. The summed E-state index contributed by atoms with van der Waals surface area (Å²) in [4.78, 5) is 0. The number of hydrogen-bond donors (Lipinski definition) is 1. The summed E-state index contributed by atoms with van der Waals surface area (Å²) in [7, 11) is 0. The first-order chi connectivity index (χ1) is 9.47. The summed E-state index contributed by atoms with van der Waals surface area (Å²) in [6.45, 7) is 1.75. The van der Waals surface area contributed by atoms with E-state index in [4.69, 9.17) is 22.1 Å². The number of ether oxygens (including phenoxy) is 1. The lowest BCUT2D eigenvalue weighted by Crippen LogP contribution is -2.09. The maximum absolute atomic E-state index is 13.6. The van der Waals surface area contributed by atoms with Gasteiger partial charge >= 0.3 is 0 Å². The van der Waals surface area contributed by atoms with Crippen molar-refractivity contribution in [3.8, 4) is 5.75 Å². The summed E-state index contributed by atoms with van der Waals surface area (Å²) in [5.41, 5.74) is 6.67. The fraction of sp³-hybridized carbons (Fsp3) is 0.200. The minimum atomic E-state index is -0.443. The van der Waals surface area contributed by atoms with Gasteiger partial charge in [-0.25, -0.2) is 8.78 Å². The van der Waals surface area contributed by atoms with Gasteiger partial charge in [0.25, 0.3) is 0 Å². The van der Waals surface area contributed by atoms with Gasteiger partial charge in [0, 0.05) is 22.2 Å². The molecule has 0 heterocycles. The van der Waals surface area contributed by atoms with Gasteiger partial charge in [0.2, 0.25) is 0 Å². The van der Waals surface area contributed by atoms with Crippen LogP contribution in [0.3, 0.4) is 0 Å². The molecule has 0 radical (unpaired) electrons. The van der Waals surface area contributed by atoms with Crippen molar-refractivity contribution in [1.82, 2.24) is 0 Å². The maximum Gasteiger partial charge on any atom is 0.131 e. The van der Waals surface area contributed by atoms with Gasteiger partial charge in [0.1, 0.15) is 24.0 Å². The van der Waals surface area contributed by atoms with E-state index in [1.54, 1.807) is 19.1 Å². The topological polar surface area (TPSA) is 35.2 Å². The number of nitrogens with two attached hydrogens (primary N) is 1. The highest BCUT2D eigenvalue weighted by molar-refractivity contribution is 6.30. The molecule has 0 fully saturated rings. The van der Waals surface area contributed by atoms with Crippen LogP contribution < -0.4 is 10.5 Å². The molecule has 2 aromatic carbocycles. The quantitative estimate of drug-likeness (QED) is 0.917. The fourth-order valence-electron chi connectivity index (χ4n) is 1.80. The van der Waals surface area contributed by atoms with E-state index in [1.807, 2.05) is 0 Å². The summed E-state index contributed by atoms with van der Waals surface area (Å²) in [6, 6.07) is 8.06. The van der Waals surface area contributed by atoms with Crippen LogP contribution in [0.25, 0.3) is 0 Å². The molecule has 1 atom stereocenters. The van der Waals surface area contributed by atoms with E-state index in [-0.39, 0.29) is 18.5 Å². The van der Waals surface area contributed by atoms with Crippen LogP contribution in [-0.2, 0) is 6.61 Å². The number of benzene rings is 2. The summed E-state index contributed by atoms with van der Waals surface area (Å²) in [5.74, 6) is -0.389. The van der Waals surface area contributed by atoms with Gasteiger partial charge in [-0.3, -0.25) is 0 Å². The van der Waals surface area contributed by atoms with Crippen LogP contribution in [0, 0.1) is 11.6 Å². The Balaban J connectivity index is 2.18. The van der Waals surface area contributed by atoms with Crippen molar-refractivity contribution >= 4 is 11.6 Å². The molecule has 0 saturated carbocycles. The molecule has 0 amide bonds. The molecule has 20 heavy (non-hydrogen) atoms. The molecule has 0 bridgehead atoms. The van der Waals surface area contributed by atoms with Gasteiger partial charge in [0.15, 0.2) is 0 Å². The summed E-state index contributed by atoms with van der Waals surface area (Å²) >= 11 is 5.68. The number of hydrogen-bond acceptors (Lipinski definition) is 2. The molecule has 2 rings (SSSR count). The Labute approximate surface area is 121 Å². The standard InChI is InChI=1S/C15H14ClF2NO/c1-9(19)13-7-12(17)4-5-15(13)20-8-10-2-3-11(16)6-14(10)18/h2-7,9H,8,19H2,1H3. The third kappa shape index (κ3) is 3.46. The first-order valence-electron chi connectivity index (χ1n) is 6.09. The molecule has 2 nitrogen and oxygen atoms in total. The Morgan fingerprint density at radius 2 is 1.95 bits per heavy atom. The molecule has 0 saturated heterocycles. The van der Waals surface area contributed by atoms with Gasteiger partial charge in [-0.2, -0.15) is 0 Å². The second-order valence-electron chi connectivity index (χ2n) is 4.50. The van der Waals surface area contributed by atoms with Gasteiger partial charge in [-0.05, 0) is 37.3 Å². The first kappa shape index (κ1) is 14.8. The van der Waals surface area contributed by atoms with Crippen molar-refractivity contribution in [3.63, 3.8) is 0 Å². The van der Waals surface area contributed by atoms with Crippen molar-refractivity contribution in [3.05, 3.63) is 64.2 Å². The smallest absolute Gasteiger partial charge is 0.131 e. The van der Waals surface area contributed by atoms with E-state index < -0.39 is 5.82 Å². The second-order valence-corrected chi connectivity index (χ2v) is 4.93. The van der Waals surface area contributed by atoms with Crippen LogP contribution >= 0.6 is 11.6 Å². The van der Waals surface area contributed by atoms with Gasteiger partial charge in [-0.1, -0.05) is 17.7 Å². The van der Waals surface area contributed by atoms with Gasteiger partial charge < -0.3 is 10.5 Å². The summed E-state index contributed by atoms with van der Waals surface area (Å²) in [5, 5.41) is 0.323. The largest absolute Gasteiger partial charge is 0.488 e. The molecular weight excluding hydrogens is 284 g/mol. The molecule has 5 heteroatoms. The van der Waals surface area contributed by atoms with Crippen LogP contribution in [0.2, 0.25) is 5.02 Å². The van der Waals surface area contributed by atoms with Crippen LogP contribution in [-0.4, -0.2) is 0 Å². The van der Waals surface area contributed by atoms with E-state index in [2.05, 4.69) is 0 Å². The molecule has 0 aliphatic carbocycles. The van der Waals surface area contributed by atoms with E-state index in [9.17, 15) is 8.78 Å². The van der Waals surface area contributed by atoms with Gasteiger partial charge in [-0.15, -0.1) is 0 Å². The SMILES string of the molecule is CC(N)c1cc(F)ccc1OCc1ccc(Cl)cc1F. The van der Waals surface area contributed by atoms with Crippen molar-refractivity contribution in [1.29, 1.82) is 0 Å². The van der Waals surface area contributed by atoms with E-state index in [0.29, 0.717) is 21.9 Å². The van der Waals surface area contributed by atoms with Crippen molar-refractivity contribution in [2.75, 3.05) is 0 Å². The molecular formula is C15H14ClF2NO. The van der Waals surface area contributed by atoms with Gasteiger partial charge in [0.05, 0.1) is 0 Å². The second kappa shape index (κ2) is 6.20. The number of halogens is 3. The molecule has 0 aromatic heterocycles. The van der Waals surface area contributed by atoms with E-state index in [1.165, 1.54) is 24.3 Å². The molecule has 0 aliphatic rings. The molecule has 106 valence electrons. The minimum Gasteiger partial charge on any atom is -0.488 e. The lowest BCUT2D eigenvalue weighted by atomic mass is 10.1. The molecule has 0 aliphatic heterocycles. The highest BCUT2D eigenvalue weighted by Crippen LogP contribution is 2.26. The third-order valence-electron chi connectivity index (χ3n) is 2.86. The number of rotatable bonds is 4. The normalized spacial score (nSPS) is 12.2. The summed E-state index contributed by atoms with van der Waals surface area (Å²) < 4.78 is 32.4. The predicted molar refractivity (Wildman–Crippen MR) is 74.7 cm³/mol. The minimum absolute atomic E-state index is 0.0222. The van der Waals surface area contributed by atoms with E-state index >= 15 is 0 Å². The zero-order valence-corrected chi connectivity index (χ0v) is 11.6. The first-order valence-corrected chi connectivity index (χ1v) is 6.47. The highest BCUT2D eigenvalue weighted by atomic mass is 35.5. The Bertz CT molecular complexity index is 617. The zero-order valence-electron chi connectivity index (χ0n) is 10.9. The lowest BCUT2D eigenvalue weighted by Gasteiger charge is -2.14. The van der Waals surface area contributed by atoms with E-state index in [0.717, 1.165) is 0 Å².